The number of hydrogen-bond acceptors (Lipinski definition) is 2. The van der Waals surface area contributed by atoms with Crippen LogP contribution in [0.15, 0.2) is 180 Å². The van der Waals surface area contributed by atoms with Gasteiger partial charge in [-0.3, -0.25) is 4.98 Å². The van der Waals surface area contributed by atoms with Crippen LogP contribution in [0.1, 0.15) is 6.85 Å². The van der Waals surface area contributed by atoms with Crippen LogP contribution in [-0.2, 0) is 0 Å². The van der Waals surface area contributed by atoms with Crippen LogP contribution in [0.4, 0.5) is 0 Å². The maximum Gasteiger partial charge on any atom is 0.136 e. The highest BCUT2D eigenvalue weighted by Crippen LogP contribution is 2.49. The molecule has 0 saturated carbocycles. The van der Waals surface area contributed by atoms with Crippen LogP contribution < -0.4 is 0 Å². The normalized spacial score (nSPS) is 13.1. The first-order chi connectivity index (χ1) is 26.4. The lowest BCUT2D eigenvalue weighted by Crippen LogP contribution is -1.93. The monoisotopic (exact) mass is 628 g/mol. The van der Waals surface area contributed by atoms with Crippen LogP contribution in [0.3, 0.4) is 0 Å². The van der Waals surface area contributed by atoms with Gasteiger partial charge in [-0.05, 0) is 90.0 Å². The molecule has 0 radical (unpaired) electrons. The van der Waals surface area contributed by atoms with E-state index in [4.69, 9.17) is 11.3 Å². The maximum atomic E-state index is 8.95. The summed E-state index contributed by atoms with van der Waals surface area (Å²) in [4.78, 5) is 4.48. The Morgan fingerprint density at radius 3 is 1.59 bits per heavy atom. The number of benzene rings is 8. The van der Waals surface area contributed by atoms with E-state index in [2.05, 4.69) is 71.7 Å². The summed E-state index contributed by atoms with van der Waals surface area (Å²) in [5, 5.41) is 7.69. The molecule has 2 heteroatoms. The summed E-state index contributed by atoms with van der Waals surface area (Å²) in [5.74, 6) is 0. The molecule has 10 rings (SSSR count). The zero-order valence-corrected chi connectivity index (χ0v) is 26.2. The van der Waals surface area contributed by atoms with Gasteiger partial charge >= 0.3 is 0 Å². The molecule has 228 valence electrons. The molecule has 8 aromatic carbocycles. The third-order valence-electron chi connectivity index (χ3n) is 9.66. The van der Waals surface area contributed by atoms with Crippen LogP contribution in [0.2, 0.25) is 0 Å². The smallest absolute Gasteiger partial charge is 0.136 e. The van der Waals surface area contributed by atoms with E-state index in [1.54, 1.807) is 6.20 Å². The van der Waals surface area contributed by atoms with Crippen LogP contribution in [-0.4, -0.2) is 4.98 Å². The Bertz CT molecular complexity index is 3080. The first-order valence-corrected chi connectivity index (χ1v) is 16.3. The van der Waals surface area contributed by atoms with Crippen molar-refractivity contribution in [3.63, 3.8) is 0 Å². The number of aromatic nitrogens is 1. The number of furan rings is 1. The molecular formula is C47H29NO. The fourth-order valence-corrected chi connectivity index (χ4v) is 7.66. The van der Waals surface area contributed by atoms with E-state index in [1.807, 2.05) is 72.9 Å². The number of rotatable bonds is 4. The number of pyridine rings is 1. The van der Waals surface area contributed by atoms with Gasteiger partial charge in [-0.15, -0.1) is 0 Å². The average Bonchev–Trinajstić information content (AvgIpc) is 3.61. The minimum Gasteiger partial charge on any atom is -0.456 e. The Balaban J connectivity index is 1.32. The summed E-state index contributed by atoms with van der Waals surface area (Å²) in [7, 11) is 0. The molecule has 0 unspecified atom stereocenters. The molecule has 49 heavy (non-hydrogen) atoms. The fourth-order valence-electron chi connectivity index (χ4n) is 7.66. The number of fused-ring (bicyclic) bond motifs is 6. The largest absolute Gasteiger partial charge is 0.456 e. The van der Waals surface area contributed by atoms with Crippen molar-refractivity contribution in [3.05, 3.63) is 176 Å². The van der Waals surface area contributed by atoms with E-state index < -0.39 is 6.04 Å². The zero-order chi connectivity index (χ0) is 36.7. The summed E-state index contributed by atoms with van der Waals surface area (Å²) >= 11 is 0. The first kappa shape index (κ1) is 22.9. The summed E-state index contributed by atoms with van der Waals surface area (Å²) in [6.45, 7) is 0. The van der Waals surface area contributed by atoms with Gasteiger partial charge in [0.2, 0.25) is 0 Å². The Kier molecular flexibility index (Phi) is 5.16. The quantitative estimate of drug-likeness (QED) is 0.181. The lowest BCUT2D eigenvalue weighted by Gasteiger charge is -2.20. The van der Waals surface area contributed by atoms with Gasteiger partial charge in [0.05, 0.1) is 6.85 Å². The summed E-state index contributed by atoms with van der Waals surface area (Å²) < 4.78 is 49.6. The standard InChI is InChI=1S/C47H29NO/c1-2-13-30(14-3-1)44-35-18-6-8-20-37(35)45(38-21-9-7-19-36(38)44)39-24-25-40(34-17-5-4-16-33(34)39)46-32(31-15-12-28-48-29-31)26-27-43-47(46)41-22-10-11-23-42(41)49-43/h1-29H/i1D,2D,3D,13D,14D. The van der Waals surface area contributed by atoms with Gasteiger partial charge in [0.25, 0.3) is 0 Å². The Hall–Kier alpha value is -6.51. The second kappa shape index (κ2) is 11.0. The second-order valence-corrected chi connectivity index (χ2v) is 12.2. The van der Waals surface area contributed by atoms with Gasteiger partial charge in [0.15, 0.2) is 0 Å². The van der Waals surface area contributed by atoms with Gasteiger partial charge in [0, 0.05) is 34.3 Å². The Morgan fingerprint density at radius 1 is 0.408 bits per heavy atom. The van der Waals surface area contributed by atoms with Crippen molar-refractivity contribution < 1.29 is 11.3 Å². The van der Waals surface area contributed by atoms with Crippen molar-refractivity contribution in [3.8, 4) is 44.5 Å². The SMILES string of the molecule is [2H]c1c([2H])c([2H])c(-c2c3ccccc3c(-c3ccc(-c4c(-c5cccnc5)ccc5oc6ccccc6c45)c4ccccc34)c3ccccc23)c([2H])c1[2H]. The third-order valence-corrected chi connectivity index (χ3v) is 9.66. The second-order valence-electron chi connectivity index (χ2n) is 12.2. The molecule has 0 spiro atoms. The topological polar surface area (TPSA) is 26.0 Å². The molecule has 0 atom stereocenters. The molecule has 0 aliphatic rings. The maximum absolute atomic E-state index is 8.95. The van der Waals surface area contributed by atoms with E-state index >= 15 is 0 Å². The molecule has 0 saturated heterocycles. The minimum absolute atomic E-state index is 0.198. The molecule has 0 aliphatic heterocycles. The average molecular weight is 629 g/mol. The fraction of sp³-hybridized carbons (Fsp3) is 0. The van der Waals surface area contributed by atoms with Crippen molar-refractivity contribution >= 4 is 54.3 Å². The van der Waals surface area contributed by atoms with Crippen LogP contribution in [0.5, 0.6) is 0 Å². The Morgan fingerprint density at radius 2 is 0.959 bits per heavy atom. The predicted molar refractivity (Wildman–Crippen MR) is 206 cm³/mol. The van der Waals surface area contributed by atoms with E-state index in [-0.39, 0.29) is 29.7 Å². The van der Waals surface area contributed by atoms with Gasteiger partial charge in [-0.25, -0.2) is 0 Å². The lowest BCUT2D eigenvalue weighted by atomic mass is 9.83. The Labute approximate surface area is 290 Å². The lowest BCUT2D eigenvalue weighted by molar-refractivity contribution is 0.669. The van der Waals surface area contributed by atoms with Crippen LogP contribution in [0.25, 0.3) is 98.8 Å². The third kappa shape index (κ3) is 4.24. The van der Waals surface area contributed by atoms with Crippen molar-refractivity contribution in [2.24, 2.45) is 0 Å². The highest BCUT2D eigenvalue weighted by molar-refractivity contribution is 6.25. The van der Waals surface area contributed by atoms with E-state index in [0.29, 0.717) is 5.56 Å². The van der Waals surface area contributed by atoms with E-state index in [0.717, 1.165) is 87.6 Å². The van der Waals surface area contributed by atoms with Crippen molar-refractivity contribution in [1.82, 2.24) is 4.98 Å². The van der Waals surface area contributed by atoms with Crippen molar-refractivity contribution in [2.45, 2.75) is 0 Å². The van der Waals surface area contributed by atoms with Gasteiger partial charge in [0.1, 0.15) is 11.2 Å². The van der Waals surface area contributed by atoms with Gasteiger partial charge in [-0.2, -0.15) is 0 Å². The highest BCUT2D eigenvalue weighted by atomic mass is 16.3. The summed E-state index contributed by atoms with van der Waals surface area (Å²) in [6, 6.07) is 43.7. The summed E-state index contributed by atoms with van der Waals surface area (Å²) in [5.41, 5.74) is 8.70. The first-order valence-electron chi connectivity index (χ1n) is 18.8. The molecule has 2 nitrogen and oxygen atoms in total. The molecule has 0 bridgehead atoms. The summed E-state index contributed by atoms with van der Waals surface area (Å²) in [6.07, 6.45) is 3.69. The molecule has 0 N–H and O–H groups in total. The van der Waals surface area contributed by atoms with Crippen molar-refractivity contribution in [1.29, 1.82) is 0 Å². The van der Waals surface area contributed by atoms with Crippen LogP contribution >= 0.6 is 0 Å². The highest BCUT2D eigenvalue weighted by Gasteiger charge is 2.22. The molecule has 0 aliphatic carbocycles. The molecule has 10 aromatic rings. The van der Waals surface area contributed by atoms with Gasteiger partial charge in [-0.1, -0.05) is 139 Å². The number of nitrogens with zero attached hydrogens (tertiary/aromatic N) is 1. The van der Waals surface area contributed by atoms with E-state index in [1.165, 1.54) is 0 Å². The predicted octanol–water partition coefficient (Wildman–Crippen LogP) is 13.1. The van der Waals surface area contributed by atoms with Crippen LogP contribution in [0, 0.1) is 0 Å². The van der Waals surface area contributed by atoms with Crippen molar-refractivity contribution in [2.75, 3.05) is 0 Å². The zero-order valence-electron chi connectivity index (χ0n) is 31.2. The van der Waals surface area contributed by atoms with E-state index in [9.17, 15) is 0 Å². The van der Waals surface area contributed by atoms with Gasteiger partial charge < -0.3 is 4.42 Å². The molecular weight excluding hydrogens is 595 g/mol. The molecule has 2 heterocycles. The molecule has 0 amide bonds. The number of hydrogen-bond donors (Lipinski definition) is 0. The molecule has 0 fully saturated rings. The number of para-hydroxylation sites is 1. The molecule has 2 aromatic heterocycles. The minimum atomic E-state index is -0.406.